The Balaban J connectivity index is 3.13. The smallest absolute Gasteiger partial charge is 0.130 e. The SMILES string of the molecule is CC(C)(F)c1cccc(C#N)c1. The lowest BCUT2D eigenvalue weighted by Crippen LogP contribution is -2.08. The van der Waals surface area contributed by atoms with E-state index >= 15 is 0 Å². The van der Waals surface area contributed by atoms with E-state index in [9.17, 15) is 4.39 Å². The van der Waals surface area contributed by atoms with Crippen molar-refractivity contribution in [3.63, 3.8) is 0 Å². The Morgan fingerprint density at radius 3 is 2.58 bits per heavy atom. The predicted octanol–water partition coefficient (Wildman–Crippen LogP) is 2.76. The quantitative estimate of drug-likeness (QED) is 0.624. The maximum atomic E-state index is 13.3. The molecule has 1 aromatic carbocycles. The van der Waals surface area contributed by atoms with Crippen LogP contribution < -0.4 is 0 Å². The second-order valence-corrected chi connectivity index (χ2v) is 3.17. The fourth-order valence-electron chi connectivity index (χ4n) is 0.959. The number of rotatable bonds is 1. The number of hydrogen-bond acceptors (Lipinski definition) is 1. The van der Waals surface area contributed by atoms with Crippen molar-refractivity contribution < 1.29 is 4.39 Å². The third-order valence-electron chi connectivity index (χ3n) is 1.68. The lowest BCUT2D eigenvalue weighted by Gasteiger charge is -2.13. The maximum Gasteiger partial charge on any atom is 0.130 e. The van der Waals surface area contributed by atoms with Gasteiger partial charge in [-0.1, -0.05) is 12.1 Å². The molecule has 0 aliphatic heterocycles. The molecule has 0 N–H and O–H groups in total. The zero-order valence-electron chi connectivity index (χ0n) is 7.13. The molecule has 0 aromatic heterocycles. The number of nitriles is 1. The van der Waals surface area contributed by atoms with Gasteiger partial charge in [0.2, 0.25) is 0 Å². The van der Waals surface area contributed by atoms with Gasteiger partial charge in [0.1, 0.15) is 5.67 Å². The zero-order chi connectivity index (χ0) is 9.19. The van der Waals surface area contributed by atoms with Gasteiger partial charge >= 0.3 is 0 Å². The highest BCUT2D eigenvalue weighted by Crippen LogP contribution is 2.24. The van der Waals surface area contributed by atoms with Crippen molar-refractivity contribution in [2.75, 3.05) is 0 Å². The molecule has 0 radical (unpaired) electrons. The summed E-state index contributed by atoms with van der Waals surface area (Å²) in [6.07, 6.45) is 0. The Bertz CT molecular complexity index is 317. The van der Waals surface area contributed by atoms with Crippen LogP contribution in [-0.2, 0) is 5.67 Å². The molecule has 0 bridgehead atoms. The summed E-state index contributed by atoms with van der Waals surface area (Å²) in [5.41, 5.74) is -0.327. The molecule has 0 fully saturated rings. The van der Waals surface area contributed by atoms with E-state index in [1.165, 1.54) is 13.8 Å². The van der Waals surface area contributed by atoms with E-state index in [2.05, 4.69) is 0 Å². The van der Waals surface area contributed by atoms with Crippen molar-refractivity contribution in [3.8, 4) is 6.07 Å². The second kappa shape index (κ2) is 2.94. The molecule has 0 saturated carbocycles. The van der Waals surface area contributed by atoms with Crippen LogP contribution in [0, 0.1) is 11.3 Å². The molecule has 0 unspecified atom stereocenters. The zero-order valence-corrected chi connectivity index (χ0v) is 7.13. The largest absolute Gasteiger partial charge is 0.239 e. The second-order valence-electron chi connectivity index (χ2n) is 3.17. The van der Waals surface area contributed by atoms with Gasteiger partial charge in [0.05, 0.1) is 11.6 Å². The fourth-order valence-corrected chi connectivity index (χ4v) is 0.959. The molecule has 1 aromatic rings. The molecule has 0 aliphatic rings. The van der Waals surface area contributed by atoms with Crippen LogP contribution in [0.15, 0.2) is 24.3 Å². The van der Waals surface area contributed by atoms with Crippen molar-refractivity contribution in [3.05, 3.63) is 35.4 Å². The molecule has 0 amide bonds. The van der Waals surface area contributed by atoms with Crippen LogP contribution in [0.2, 0.25) is 0 Å². The van der Waals surface area contributed by atoms with Gasteiger partial charge in [0, 0.05) is 0 Å². The van der Waals surface area contributed by atoms with Gasteiger partial charge in [-0.15, -0.1) is 0 Å². The van der Waals surface area contributed by atoms with Crippen molar-refractivity contribution in [2.24, 2.45) is 0 Å². The highest BCUT2D eigenvalue weighted by atomic mass is 19.1. The monoisotopic (exact) mass is 163 g/mol. The minimum absolute atomic E-state index is 0.498. The molecular weight excluding hydrogens is 153 g/mol. The molecule has 0 saturated heterocycles. The average Bonchev–Trinajstić information content (AvgIpc) is 2.03. The first-order valence-corrected chi connectivity index (χ1v) is 3.73. The number of halogens is 1. The van der Waals surface area contributed by atoms with Crippen LogP contribution in [0.5, 0.6) is 0 Å². The van der Waals surface area contributed by atoms with Crippen LogP contribution in [0.4, 0.5) is 4.39 Å². The minimum Gasteiger partial charge on any atom is -0.239 e. The number of hydrogen-bond donors (Lipinski definition) is 0. The lowest BCUT2D eigenvalue weighted by atomic mass is 9.99. The summed E-state index contributed by atoms with van der Waals surface area (Å²) >= 11 is 0. The summed E-state index contributed by atoms with van der Waals surface area (Å²) in [5.74, 6) is 0. The van der Waals surface area contributed by atoms with Crippen LogP contribution in [0.25, 0.3) is 0 Å². The Labute approximate surface area is 71.4 Å². The molecule has 0 atom stereocenters. The van der Waals surface area contributed by atoms with E-state index in [1.807, 2.05) is 6.07 Å². The molecule has 2 heteroatoms. The van der Waals surface area contributed by atoms with Gasteiger partial charge in [0.15, 0.2) is 0 Å². The Hall–Kier alpha value is -1.36. The summed E-state index contributed by atoms with van der Waals surface area (Å²) in [6, 6.07) is 8.58. The van der Waals surface area contributed by atoms with E-state index in [1.54, 1.807) is 24.3 Å². The summed E-state index contributed by atoms with van der Waals surface area (Å²) < 4.78 is 13.3. The highest BCUT2D eigenvalue weighted by Gasteiger charge is 2.18. The third-order valence-corrected chi connectivity index (χ3v) is 1.68. The molecule has 1 rings (SSSR count). The minimum atomic E-state index is -1.37. The molecule has 12 heavy (non-hydrogen) atoms. The van der Waals surface area contributed by atoms with Crippen LogP contribution in [0.3, 0.4) is 0 Å². The van der Waals surface area contributed by atoms with E-state index in [0.717, 1.165) is 0 Å². The summed E-state index contributed by atoms with van der Waals surface area (Å²) in [5, 5.41) is 8.56. The first kappa shape index (κ1) is 8.73. The summed E-state index contributed by atoms with van der Waals surface area (Å²) in [4.78, 5) is 0. The number of alkyl halides is 1. The van der Waals surface area contributed by atoms with Crippen molar-refractivity contribution in [1.29, 1.82) is 5.26 Å². The molecule has 1 nitrogen and oxygen atoms in total. The van der Waals surface area contributed by atoms with Gasteiger partial charge in [-0.2, -0.15) is 5.26 Å². The number of benzene rings is 1. The Kier molecular flexibility index (Phi) is 2.14. The van der Waals surface area contributed by atoms with Gasteiger partial charge in [-0.3, -0.25) is 0 Å². The van der Waals surface area contributed by atoms with E-state index in [-0.39, 0.29) is 0 Å². The van der Waals surface area contributed by atoms with Crippen LogP contribution in [0.1, 0.15) is 25.0 Å². The van der Waals surface area contributed by atoms with Crippen molar-refractivity contribution in [2.45, 2.75) is 19.5 Å². The molecule has 62 valence electrons. The Morgan fingerprint density at radius 1 is 1.42 bits per heavy atom. The van der Waals surface area contributed by atoms with Gasteiger partial charge in [0.25, 0.3) is 0 Å². The first-order valence-electron chi connectivity index (χ1n) is 3.73. The van der Waals surface area contributed by atoms with Crippen LogP contribution in [-0.4, -0.2) is 0 Å². The van der Waals surface area contributed by atoms with Crippen molar-refractivity contribution in [1.82, 2.24) is 0 Å². The maximum absolute atomic E-state index is 13.3. The Morgan fingerprint density at radius 2 is 2.08 bits per heavy atom. The van der Waals surface area contributed by atoms with Gasteiger partial charge in [-0.05, 0) is 31.5 Å². The van der Waals surface area contributed by atoms with E-state index in [0.29, 0.717) is 11.1 Å². The van der Waals surface area contributed by atoms with Gasteiger partial charge < -0.3 is 0 Å². The third kappa shape index (κ3) is 1.82. The highest BCUT2D eigenvalue weighted by molar-refractivity contribution is 5.34. The summed E-state index contributed by atoms with van der Waals surface area (Å²) in [6.45, 7) is 2.95. The molecular formula is C10H10FN. The number of nitrogens with zero attached hydrogens (tertiary/aromatic N) is 1. The van der Waals surface area contributed by atoms with E-state index in [4.69, 9.17) is 5.26 Å². The lowest BCUT2D eigenvalue weighted by molar-refractivity contribution is 0.221. The van der Waals surface area contributed by atoms with Crippen molar-refractivity contribution >= 4 is 0 Å². The summed E-state index contributed by atoms with van der Waals surface area (Å²) in [7, 11) is 0. The predicted molar refractivity (Wildman–Crippen MR) is 45.3 cm³/mol. The average molecular weight is 163 g/mol. The standard InChI is InChI=1S/C10H10FN/c1-10(2,11)9-5-3-4-8(6-9)7-12/h3-6H,1-2H3. The molecule has 0 spiro atoms. The first-order chi connectivity index (χ1) is 5.54. The van der Waals surface area contributed by atoms with Gasteiger partial charge in [-0.25, -0.2) is 4.39 Å². The van der Waals surface area contributed by atoms with E-state index < -0.39 is 5.67 Å². The topological polar surface area (TPSA) is 23.8 Å². The van der Waals surface area contributed by atoms with Crippen LogP contribution >= 0.6 is 0 Å². The molecule has 0 aliphatic carbocycles. The normalized spacial score (nSPS) is 10.8. The fraction of sp³-hybridized carbons (Fsp3) is 0.300. The molecule has 0 heterocycles.